The van der Waals surface area contributed by atoms with Crippen LogP contribution in [0.4, 0.5) is 5.82 Å². The smallest absolute Gasteiger partial charge is 0.297 e. The molecule has 0 unspecified atom stereocenters. The lowest BCUT2D eigenvalue weighted by Crippen LogP contribution is -2.27. The van der Waals surface area contributed by atoms with Crippen LogP contribution in [0.3, 0.4) is 0 Å². The second-order valence-electron chi connectivity index (χ2n) is 5.74. The van der Waals surface area contributed by atoms with Crippen molar-refractivity contribution in [3.8, 4) is 0 Å². The van der Waals surface area contributed by atoms with Crippen LogP contribution in [0.15, 0.2) is 64.4 Å². The monoisotopic (exact) mass is 384 g/mol. The first-order valence-corrected chi connectivity index (χ1v) is 10.1. The van der Waals surface area contributed by atoms with Gasteiger partial charge in [0.05, 0.1) is 0 Å². The van der Waals surface area contributed by atoms with Crippen molar-refractivity contribution in [2.24, 2.45) is 0 Å². The zero-order chi connectivity index (χ0) is 18.4. The molecule has 0 bridgehead atoms. The Balaban J connectivity index is 1.76. The molecule has 0 fully saturated rings. The van der Waals surface area contributed by atoms with Crippen LogP contribution in [-0.2, 0) is 18.8 Å². The molecule has 0 atom stereocenters. The van der Waals surface area contributed by atoms with E-state index in [1.165, 1.54) is 22.2 Å². The molecule has 0 saturated heterocycles. The minimum absolute atomic E-state index is 0.180. The Kier molecular flexibility index (Phi) is 6.25. The van der Waals surface area contributed by atoms with E-state index in [0.29, 0.717) is 18.2 Å². The van der Waals surface area contributed by atoms with Crippen LogP contribution in [-0.4, -0.2) is 14.8 Å². The molecule has 0 spiro atoms. The Morgan fingerprint density at radius 2 is 2.08 bits per heavy atom. The van der Waals surface area contributed by atoms with Gasteiger partial charge in [0, 0.05) is 23.7 Å². The van der Waals surface area contributed by atoms with Crippen molar-refractivity contribution >= 4 is 28.9 Å². The molecular weight excluding hydrogens is 364 g/mol. The maximum absolute atomic E-state index is 12.8. The number of thioether (sulfide) groups is 1. The molecule has 26 heavy (non-hydrogen) atoms. The minimum Gasteiger partial charge on any atom is -0.360 e. The van der Waals surface area contributed by atoms with Gasteiger partial charge in [0.2, 0.25) is 5.82 Å². The molecule has 0 aliphatic rings. The van der Waals surface area contributed by atoms with E-state index in [9.17, 15) is 4.79 Å². The summed E-state index contributed by atoms with van der Waals surface area (Å²) < 4.78 is 1.61. The number of anilines is 1. The third-order valence-electron chi connectivity index (χ3n) is 3.73. The lowest BCUT2D eigenvalue weighted by molar-refractivity contribution is 0.624. The topological polar surface area (TPSA) is 59.8 Å². The summed E-state index contributed by atoms with van der Waals surface area (Å²) in [5, 5.41) is 14.1. The van der Waals surface area contributed by atoms with Gasteiger partial charge in [-0.3, -0.25) is 9.36 Å². The first-order valence-electron chi connectivity index (χ1n) is 8.20. The van der Waals surface area contributed by atoms with E-state index in [2.05, 4.69) is 28.2 Å². The summed E-state index contributed by atoms with van der Waals surface area (Å²) in [6, 6.07) is 12.2. The van der Waals surface area contributed by atoms with Crippen molar-refractivity contribution in [2.45, 2.75) is 30.9 Å². The van der Waals surface area contributed by atoms with Crippen LogP contribution in [0.1, 0.15) is 16.0 Å². The molecule has 2 aromatic heterocycles. The van der Waals surface area contributed by atoms with Crippen molar-refractivity contribution in [1.82, 2.24) is 14.8 Å². The Labute approximate surface area is 160 Å². The average molecular weight is 385 g/mol. The molecule has 134 valence electrons. The van der Waals surface area contributed by atoms with Crippen molar-refractivity contribution in [3.05, 3.63) is 80.8 Å². The largest absolute Gasteiger partial charge is 0.360 e. The Bertz CT molecular complexity index is 918. The average Bonchev–Trinajstić information content (AvgIpc) is 3.16. The highest BCUT2D eigenvalue weighted by Crippen LogP contribution is 2.22. The van der Waals surface area contributed by atoms with E-state index >= 15 is 0 Å². The van der Waals surface area contributed by atoms with Gasteiger partial charge in [-0.05, 0) is 23.9 Å². The van der Waals surface area contributed by atoms with Crippen LogP contribution in [0.2, 0.25) is 0 Å². The zero-order valence-corrected chi connectivity index (χ0v) is 16.1. The van der Waals surface area contributed by atoms with Crippen molar-refractivity contribution in [1.29, 1.82) is 0 Å². The Hall–Kier alpha value is -2.38. The molecule has 3 aromatic rings. The van der Waals surface area contributed by atoms with Crippen molar-refractivity contribution in [2.75, 3.05) is 5.32 Å². The summed E-state index contributed by atoms with van der Waals surface area (Å²) in [5.41, 5.74) is 2.11. The molecule has 0 aliphatic carbocycles. The first-order chi connectivity index (χ1) is 12.7. The number of rotatable bonds is 8. The summed E-state index contributed by atoms with van der Waals surface area (Å²) in [4.78, 5) is 14.0. The van der Waals surface area contributed by atoms with Gasteiger partial charge in [-0.2, -0.15) is 0 Å². The first kappa shape index (κ1) is 18.4. The van der Waals surface area contributed by atoms with E-state index in [4.69, 9.17) is 0 Å². The number of hydrogen-bond acceptors (Lipinski definition) is 6. The van der Waals surface area contributed by atoms with E-state index in [1.807, 2.05) is 42.6 Å². The summed E-state index contributed by atoms with van der Waals surface area (Å²) in [6.45, 7) is 6.72. The van der Waals surface area contributed by atoms with Crippen molar-refractivity contribution < 1.29 is 0 Å². The van der Waals surface area contributed by atoms with Crippen LogP contribution in [0.5, 0.6) is 0 Å². The second-order valence-corrected chi connectivity index (χ2v) is 7.72. The Morgan fingerprint density at radius 1 is 1.27 bits per heavy atom. The van der Waals surface area contributed by atoms with Crippen LogP contribution >= 0.6 is 23.1 Å². The highest BCUT2D eigenvalue weighted by atomic mass is 32.2. The molecule has 1 aromatic carbocycles. The van der Waals surface area contributed by atoms with E-state index < -0.39 is 0 Å². The number of benzene rings is 1. The molecule has 3 rings (SSSR count). The fourth-order valence-corrected chi connectivity index (χ4v) is 4.05. The summed E-state index contributed by atoms with van der Waals surface area (Å²) in [5.74, 6) is 1.02. The van der Waals surface area contributed by atoms with E-state index in [0.717, 1.165) is 11.3 Å². The van der Waals surface area contributed by atoms with Crippen molar-refractivity contribution in [3.63, 3.8) is 0 Å². The second kappa shape index (κ2) is 8.82. The number of aryl methyl sites for hydroxylation is 1. The quantitative estimate of drug-likeness (QED) is 0.468. The van der Waals surface area contributed by atoms with Crippen LogP contribution in [0.25, 0.3) is 0 Å². The van der Waals surface area contributed by atoms with Gasteiger partial charge < -0.3 is 5.32 Å². The summed E-state index contributed by atoms with van der Waals surface area (Å²) in [6.07, 6.45) is 1.70. The highest BCUT2D eigenvalue weighted by molar-refractivity contribution is 7.98. The fourth-order valence-electron chi connectivity index (χ4n) is 2.33. The zero-order valence-electron chi connectivity index (χ0n) is 14.5. The standard InChI is InChI=1S/C19H20N4OS2/c1-3-10-23-18(24)17(20-12-15-8-6-14(2)7-9-15)21-22-19(23)26-13-16-5-4-11-25-16/h3-9,11H,1,10,12-13H2,2H3,(H,20,21). The Morgan fingerprint density at radius 3 is 2.77 bits per heavy atom. The third kappa shape index (κ3) is 4.62. The van der Waals surface area contributed by atoms with Gasteiger partial charge in [0.1, 0.15) is 0 Å². The van der Waals surface area contributed by atoms with Crippen LogP contribution < -0.4 is 10.9 Å². The van der Waals surface area contributed by atoms with Gasteiger partial charge >= 0.3 is 0 Å². The SMILES string of the molecule is C=CCn1c(SCc2cccs2)nnc(NCc2ccc(C)cc2)c1=O. The highest BCUT2D eigenvalue weighted by Gasteiger charge is 2.12. The molecule has 1 N–H and O–H groups in total. The predicted molar refractivity (Wildman–Crippen MR) is 109 cm³/mol. The number of hydrogen-bond donors (Lipinski definition) is 1. The van der Waals surface area contributed by atoms with Gasteiger partial charge in [0.25, 0.3) is 5.56 Å². The third-order valence-corrected chi connectivity index (χ3v) is 5.80. The number of allylic oxidation sites excluding steroid dienone is 1. The van der Waals surface area contributed by atoms with Gasteiger partial charge in [0.15, 0.2) is 5.16 Å². The number of nitrogens with one attached hydrogen (secondary N) is 1. The molecule has 5 nitrogen and oxygen atoms in total. The summed E-state index contributed by atoms with van der Waals surface area (Å²) >= 11 is 3.19. The van der Waals surface area contributed by atoms with E-state index in [-0.39, 0.29) is 11.4 Å². The number of thiophene rings is 1. The minimum atomic E-state index is -0.180. The number of nitrogens with zero attached hydrogens (tertiary/aromatic N) is 3. The molecule has 7 heteroatoms. The maximum Gasteiger partial charge on any atom is 0.297 e. The normalized spacial score (nSPS) is 10.7. The molecule has 2 heterocycles. The van der Waals surface area contributed by atoms with Crippen LogP contribution in [0, 0.1) is 6.92 Å². The molecular formula is C19H20N4OS2. The molecule has 0 radical (unpaired) electrons. The summed E-state index contributed by atoms with van der Waals surface area (Å²) in [7, 11) is 0. The van der Waals surface area contributed by atoms with Gasteiger partial charge in [-0.25, -0.2) is 0 Å². The fraction of sp³-hybridized carbons (Fsp3) is 0.211. The van der Waals surface area contributed by atoms with Gasteiger partial charge in [-0.15, -0.1) is 28.1 Å². The molecule has 0 saturated carbocycles. The van der Waals surface area contributed by atoms with E-state index in [1.54, 1.807) is 22.0 Å². The molecule has 0 amide bonds. The maximum atomic E-state index is 12.8. The lowest BCUT2D eigenvalue weighted by Gasteiger charge is -2.11. The van der Waals surface area contributed by atoms with Gasteiger partial charge in [-0.1, -0.05) is 53.7 Å². The number of aromatic nitrogens is 3. The lowest BCUT2D eigenvalue weighted by atomic mass is 10.1. The molecule has 0 aliphatic heterocycles. The predicted octanol–water partition coefficient (Wildman–Crippen LogP) is 4.10.